The van der Waals surface area contributed by atoms with Gasteiger partial charge < -0.3 is 4.74 Å². The number of hydrogen-bond donors (Lipinski definition) is 0. The maximum atomic E-state index is 14.0. The van der Waals surface area contributed by atoms with Gasteiger partial charge in [0.25, 0.3) is 0 Å². The zero-order valence-corrected chi connectivity index (χ0v) is 11.0. The molecule has 0 fully saturated rings. The largest absolute Gasteiger partial charge is 0.497 e. The van der Waals surface area contributed by atoms with Crippen molar-refractivity contribution in [1.82, 2.24) is 9.97 Å². The summed E-state index contributed by atoms with van der Waals surface area (Å²) in [5, 5.41) is 0.169. The normalized spacial score (nSPS) is 10.5. The van der Waals surface area contributed by atoms with E-state index < -0.39 is 0 Å². The summed E-state index contributed by atoms with van der Waals surface area (Å²) in [6.07, 6.45) is 0. The Kier molecular flexibility index (Phi) is 3.48. The highest BCUT2D eigenvalue weighted by Crippen LogP contribution is 2.30. The lowest BCUT2D eigenvalue weighted by Gasteiger charge is -2.10. The molecule has 1 aromatic heterocycles. The number of rotatable bonds is 2. The van der Waals surface area contributed by atoms with Crippen molar-refractivity contribution in [2.24, 2.45) is 0 Å². The molecule has 0 aliphatic rings. The second kappa shape index (κ2) is 4.90. The summed E-state index contributed by atoms with van der Waals surface area (Å²) in [5.41, 5.74) is 2.41. The molecule has 1 aromatic carbocycles. The quantitative estimate of drug-likeness (QED) is 0.780. The van der Waals surface area contributed by atoms with Gasteiger partial charge in [-0.25, -0.2) is 14.4 Å². The third-order valence-corrected chi connectivity index (χ3v) is 2.86. The van der Waals surface area contributed by atoms with Gasteiger partial charge in [-0.2, -0.15) is 0 Å². The molecule has 0 amide bonds. The Balaban J connectivity index is 2.62. The Hall–Kier alpha value is -1.68. The lowest BCUT2D eigenvalue weighted by atomic mass is 10.0. The highest BCUT2D eigenvalue weighted by Gasteiger charge is 2.14. The summed E-state index contributed by atoms with van der Waals surface area (Å²) in [7, 11) is 1.50. The first-order valence-electron chi connectivity index (χ1n) is 5.37. The van der Waals surface area contributed by atoms with Gasteiger partial charge in [0.05, 0.1) is 18.5 Å². The van der Waals surface area contributed by atoms with E-state index >= 15 is 0 Å². The molecule has 0 saturated carbocycles. The average Bonchev–Trinajstić information content (AvgIpc) is 2.29. The Morgan fingerprint density at radius 2 is 1.78 bits per heavy atom. The van der Waals surface area contributed by atoms with Gasteiger partial charge in [-0.3, -0.25) is 0 Å². The first kappa shape index (κ1) is 12.8. The topological polar surface area (TPSA) is 35.0 Å². The Labute approximate surface area is 110 Å². The highest BCUT2D eigenvalue weighted by atomic mass is 35.5. The number of ether oxygens (including phenoxy) is 1. The van der Waals surface area contributed by atoms with Crippen LogP contribution in [0.25, 0.3) is 11.1 Å². The lowest BCUT2D eigenvalue weighted by Crippen LogP contribution is -1.98. The van der Waals surface area contributed by atoms with Crippen LogP contribution >= 0.6 is 11.6 Å². The van der Waals surface area contributed by atoms with E-state index in [0.717, 1.165) is 0 Å². The maximum Gasteiger partial charge on any atom is 0.222 e. The molecule has 0 spiro atoms. The molecule has 1 heterocycles. The van der Waals surface area contributed by atoms with Gasteiger partial charge >= 0.3 is 0 Å². The van der Waals surface area contributed by atoms with Crippen molar-refractivity contribution in [2.45, 2.75) is 13.8 Å². The van der Waals surface area contributed by atoms with Crippen molar-refractivity contribution < 1.29 is 9.13 Å². The standard InChI is InChI=1S/C13H12ClFN2O/c1-7-12(8(2)17-13(14)16-7)10-5-4-9(18-3)6-11(10)15/h4-6H,1-3H3. The first-order chi connectivity index (χ1) is 8.52. The van der Waals surface area contributed by atoms with Crippen molar-refractivity contribution in [2.75, 3.05) is 7.11 Å². The Bertz CT molecular complexity index is 579. The van der Waals surface area contributed by atoms with E-state index in [1.165, 1.54) is 13.2 Å². The van der Waals surface area contributed by atoms with E-state index in [4.69, 9.17) is 16.3 Å². The summed E-state index contributed by atoms with van der Waals surface area (Å²) < 4.78 is 19.0. The molecule has 5 heteroatoms. The van der Waals surface area contributed by atoms with Crippen molar-refractivity contribution >= 4 is 11.6 Å². The number of benzene rings is 1. The van der Waals surface area contributed by atoms with E-state index in [-0.39, 0.29) is 11.1 Å². The molecule has 0 atom stereocenters. The smallest absolute Gasteiger partial charge is 0.222 e. The fourth-order valence-corrected chi connectivity index (χ4v) is 2.14. The van der Waals surface area contributed by atoms with Gasteiger partial charge in [0, 0.05) is 17.2 Å². The minimum absolute atomic E-state index is 0.169. The van der Waals surface area contributed by atoms with E-state index in [2.05, 4.69) is 9.97 Å². The summed E-state index contributed by atoms with van der Waals surface area (Å²) in [6, 6.07) is 4.69. The van der Waals surface area contributed by atoms with Crippen LogP contribution in [-0.4, -0.2) is 17.1 Å². The van der Waals surface area contributed by atoms with E-state index in [9.17, 15) is 4.39 Å². The fraction of sp³-hybridized carbons (Fsp3) is 0.231. The van der Waals surface area contributed by atoms with E-state index in [1.807, 2.05) is 0 Å². The van der Waals surface area contributed by atoms with Crippen LogP contribution in [0.4, 0.5) is 4.39 Å². The molecule has 2 aromatic rings. The molecule has 0 bridgehead atoms. The second-order valence-corrected chi connectivity index (χ2v) is 4.22. The molecule has 0 saturated heterocycles. The van der Waals surface area contributed by atoms with Gasteiger partial charge in [0.1, 0.15) is 11.6 Å². The molecule has 18 heavy (non-hydrogen) atoms. The van der Waals surface area contributed by atoms with Gasteiger partial charge in [0.2, 0.25) is 5.28 Å². The SMILES string of the molecule is COc1ccc(-c2c(C)nc(Cl)nc2C)c(F)c1. The third-order valence-electron chi connectivity index (χ3n) is 2.69. The van der Waals surface area contributed by atoms with Crippen LogP contribution in [0.2, 0.25) is 5.28 Å². The molecular formula is C13H12ClFN2O. The van der Waals surface area contributed by atoms with Crippen LogP contribution in [0, 0.1) is 19.7 Å². The number of halogens is 2. The summed E-state index contributed by atoms with van der Waals surface area (Å²) in [6.45, 7) is 3.55. The van der Waals surface area contributed by atoms with Gasteiger partial charge in [0.15, 0.2) is 0 Å². The summed E-state index contributed by atoms with van der Waals surface area (Å²) in [4.78, 5) is 8.10. The van der Waals surface area contributed by atoms with Crippen molar-refractivity contribution in [3.05, 3.63) is 40.7 Å². The minimum atomic E-state index is -0.369. The molecular weight excluding hydrogens is 255 g/mol. The number of methoxy groups -OCH3 is 1. The Morgan fingerprint density at radius 3 is 2.28 bits per heavy atom. The number of aryl methyl sites for hydroxylation is 2. The lowest BCUT2D eigenvalue weighted by molar-refractivity contribution is 0.411. The van der Waals surface area contributed by atoms with E-state index in [1.54, 1.807) is 26.0 Å². The summed E-state index contributed by atoms with van der Waals surface area (Å²) in [5.74, 6) is 0.105. The molecule has 0 N–H and O–H groups in total. The fourth-order valence-electron chi connectivity index (χ4n) is 1.89. The van der Waals surface area contributed by atoms with Crippen LogP contribution in [0.5, 0.6) is 5.75 Å². The monoisotopic (exact) mass is 266 g/mol. The highest BCUT2D eigenvalue weighted by molar-refractivity contribution is 6.28. The van der Waals surface area contributed by atoms with Crippen molar-refractivity contribution in [1.29, 1.82) is 0 Å². The summed E-state index contributed by atoms with van der Waals surface area (Å²) >= 11 is 5.76. The predicted molar refractivity (Wildman–Crippen MR) is 68.5 cm³/mol. The van der Waals surface area contributed by atoms with Crippen LogP contribution < -0.4 is 4.74 Å². The second-order valence-electron chi connectivity index (χ2n) is 3.88. The van der Waals surface area contributed by atoms with Gasteiger partial charge in [-0.15, -0.1) is 0 Å². The maximum absolute atomic E-state index is 14.0. The predicted octanol–water partition coefficient (Wildman–Crippen LogP) is 3.56. The Morgan fingerprint density at radius 1 is 1.17 bits per heavy atom. The minimum Gasteiger partial charge on any atom is -0.497 e. The molecule has 0 aliphatic carbocycles. The first-order valence-corrected chi connectivity index (χ1v) is 5.75. The number of nitrogens with zero attached hydrogens (tertiary/aromatic N) is 2. The molecule has 0 aliphatic heterocycles. The molecule has 3 nitrogen and oxygen atoms in total. The molecule has 94 valence electrons. The zero-order valence-electron chi connectivity index (χ0n) is 10.3. The van der Waals surface area contributed by atoms with Gasteiger partial charge in [-0.1, -0.05) is 0 Å². The molecule has 2 rings (SSSR count). The van der Waals surface area contributed by atoms with Crippen molar-refractivity contribution in [3.63, 3.8) is 0 Å². The van der Waals surface area contributed by atoms with Crippen LogP contribution in [-0.2, 0) is 0 Å². The molecule has 0 unspecified atom stereocenters. The van der Waals surface area contributed by atoms with Crippen molar-refractivity contribution in [3.8, 4) is 16.9 Å². The van der Waals surface area contributed by atoms with Gasteiger partial charge in [-0.05, 0) is 37.6 Å². The average molecular weight is 267 g/mol. The zero-order chi connectivity index (χ0) is 13.3. The van der Waals surface area contributed by atoms with Crippen LogP contribution in [0.3, 0.4) is 0 Å². The molecule has 0 radical (unpaired) electrons. The number of hydrogen-bond acceptors (Lipinski definition) is 3. The third kappa shape index (κ3) is 2.29. The van der Waals surface area contributed by atoms with Crippen LogP contribution in [0.15, 0.2) is 18.2 Å². The number of aromatic nitrogens is 2. The van der Waals surface area contributed by atoms with Crippen LogP contribution in [0.1, 0.15) is 11.4 Å². The van der Waals surface area contributed by atoms with E-state index in [0.29, 0.717) is 28.3 Å².